The summed E-state index contributed by atoms with van der Waals surface area (Å²) in [6, 6.07) is 0. The Hall–Kier alpha value is 0.01000. The Balaban J connectivity index is 2.41. The molecule has 0 aromatic rings. The Kier molecular flexibility index (Phi) is 2.26. The van der Waals surface area contributed by atoms with E-state index in [4.69, 9.17) is 23.6 Å². The molecule has 1 spiro atoms. The zero-order chi connectivity index (χ0) is 10.6. The van der Waals surface area contributed by atoms with Crippen LogP contribution in [-0.4, -0.2) is 25.9 Å². The third-order valence-electron chi connectivity index (χ3n) is 3.33. The smallest absolute Gasteiger partial charge is 0.259 e. The van der Waals surface area contributed by atoms with Crippen molar-refractivity contribution >= 4 is 29.5 Å². The van der Waals surface area contributed by atoms with E-state index in [9.17, 15) is 4.79 Å². The molecule has 1 heterocycles. The lowest BCUT2D eigenvalue weighted by molar-refractivity contribution is -0.129. The molecule has 1 aliphatic heterocycles. The van der Waals surface area contributed by atoms with Gasteiger partial charge in [0.2, 0.25) is 0 Å². The lowest BCUT2D eigenvalue weighted by atomic mass is 10.1. The largest absolute Gasteiger partial charge is 0.271 e. The van der Waals surface area contributed by atoms with Crippen molar-refractivity contribution in [2.75, 3.05) is 0 Å². The fraction of sp³-hybridized carbons (Fsp3) is 0.889. The first-order chi connectivity index (χ1) is 6.43. The van der Waals surface area contributed by atoms with E-state index in [1.807, 2.05) is 13.8 Å². The third-order valence-corrected chi connectivity index (χ3v) is 4.53. The van der Waals surface area contributed by atoms with Gasteiger partial charge in [0.25, 0.3) is 5.91 Å². The molecule has 1 aliphatic carbocycles. The van der Waals surface area contributed by atoms with E-state index < -0.39 is 11.2 Å². The second-order valence-corrected chi connectivity index (χ2v) is 5.29. The maximum absolute atomic E-state index is 11.9. The number of carbonyl (C=O) groups is 1. The summed E-state index contributed by atoms with van der Waals surface area (Å²) in [5.41, 5.74) is -1.13. The molecule has 0 unspecified atom stereocenters. The fourth-order valence-electron chi connectivity index (χ4n) is 2.44. The van der Waals surface area contributed by atoms with E-state index in [1.54, 1.807) is 4.42 Å². The standard InChI is InChI=1S/C9H14Cl2N2O/c1-8(2)7(14)12(10)9(13(8)11)5-3-4-6-9/h3-6H2,1-2H3. The Labute approximate surface area is 94.2 Å². The number of nitrogens with zero attached hydrogens (tertiary/aromatic N) is 2. The van der Waals surface area contributed by atoms with E-state index in [0.717, 1.165) is 25.7 Å². The molecule has 1 saturated heterocycles. The zero-order valence-corrected chi connectivity index (χ0v) is 9.90. The van der Waals surface area contributed by atoms with Gasteiger partial charge in [-0.1, -0.05) is 0 Å². The molecule has 0 aromatic heterocycles. The monoisotopic (exact) mass is 236 g/mol. The van der Waals surface area contributed by atoms with Crippen molar-refractivity contribution in [2.45, 2.75) is 50.7 Å². The minimum absolute atomic E-state index is 0.101. The number of hydrogen-bond acceptors (Lipinski definition) is 2. The molecule has 0 aromatic carbocycles. The molecular weight excluding hydrogens is 223 g/mol. The topological polar surface area (TPSA) is 23.6 Å². The molecule has 3 nitrogen and oxygen atoms in total. The summed E-state index contributed by atoms with van der Waals surface area (Å²) in [6.45, 7) is 3.62. The first-order valence-corrected chi connectivity index (χ1v) is 5.57. The Morgan fingerprint density at radius 3 is 2.07 bits per heavy atom. The summed E-state index contributed by atoms with van der Waals surface area (Å²) in [6.07, 6.45) is 3.90. The van der Waals surface area contributed by atoms with Gasteiger partial charge in [0.05, 0.1) is 0 Å². The van der Waals surface area contributed by atoms with Crippen LogP contribution in [0, 0.1) is 0 Å². The van der Waals surface area contributed by atoms with Crippen molar-refractivity contribution < 1.29 is 4.79 Å². The quantitative estimate of drug-likeness (QED) is 0.604. The summed E-state index contributed by atoms with van der Waals surface area (Å²) in [7, 11) is 0. The molecule has 80 valence electrons. The van der Waals surface area contributed by atoms with Crippen molar-refractivity contribution in [3.8, 4) is 0 Å². The van der Waals surface area contributed by atoms with Gasteiger partial charge in [-0.05, 0) is 51.3 Å². The van der Waals surface area contributed by atoms with Crippen LogP contribution in [-0.2, 0) is 4.79 Å². The first-order valence-electron chi connectivity index (χ1n) is 4.89. The minimum Gasteiger partial charge on any atom is -0.271 e. The highest BCUT2D eigenvalue weighted by molar-refractivity contribution is 6.27. The summed E-state index contributed by atoms with van der Waals surface area (Å²) >= 11 is 12.3. The molecule has 1 saturated carbocycles. The van der Waals surface area contributed by atoms with Crippen LogP contribution in [0.4, 0.5) is 0 Å². The van der Waals surface area contributed by atoms with E-state index in [-0.39, 0.29) is 5.91 Å². The van der Waals surface area contributed by atoms with E-state index in [0.29, 0.717) is 0 Å². The average molecular weight is 237 g/mol. The molecule has 2 rings (SSSR count). The van der Waals surface area contributed by atoms with Crippen molar-refractivity contribution in [1.82, 2.24) is 8.84 Å². The number of rotatable bonds is 0. The zero-order valence-electron chi connectivity index (χ0n) is 8.39. The highest BCUT2D eigenvalue weighted by atomic mass is 35.5. The summed E-state index contributed by atoms with van der Waals surface area (Å²) in [5, 5.41) is 0. The number of carbonyl (C=O) groups excluding carboxylic acids is 1. The molecule has 0 atom stereocenters. The van der Waals surface area contributed by atoms with Crippen LogP contribution in [0.15, 0.2) is 0 Å². The van der Waals surface area contributed by atoms with Gasteiger partial charge >= 0.3 is 0 Å². The van der Waals surface area contributed by atoms with Crippen LogP contribution >= 0.6 is 23.6 Å². The van der Waals surface area contributed by atoms with Crippen molar-refractivity contribution in [3.05, 3.63) is 0 Å². The van der Waals surface area contributed by atoms with Gasteiger partial charge in [-0.3, -0.25) is 4.79 Å². The SMILES string of the molecule is CC1(C)C(=O)N(Cl)C2(CCCC2)N1Cl. The summed E-state index contributed by atoms with van der Waals surface area (Å²) in [4.78, 5) is 11.9. The van der Waals surface area contributed by atoms with Gasteiger partial charge in [-0.25, -0.2) is 4.42 Å². The van der Waals surface area contributed by atoms with Crippen LogP contribution < -0.4 is 0 Å². The Morgan fingerprint density at radius 2 is 1.71 bits per heavy atom. The van der Waals surface area contributed by atoms with E-state index in [2.05, 4.69) is 0 Å². The Bertz CT molecular complexity index is 274. The van der Waals surface area contributed by atoms with Gasteiger partial charge in [0.15, 0.2) is 0 Å². The molecule has 0 radical (unpaired) electrons. The highest BCUT2D eigenvalue weighted by Crippen LogP contribution is 2.50. The van der Waals surface area contributed by atoms with E-state index in [1.165, 1.54) is 4.42 Å². The molecule has 0 bridgehead atoms. The normalized spacial score (nSPS) is 30.6. The summed E-state index contributed by atoms with van der Waals surface area (Å²) in [5.74, 6) is -0.101. The molecule has 5 heteroatoms. The van der Waals surface area contributed by atoms with Crippen molar-refractivity contribution in [2.24, 2.45) is 0 Å². The molecule has 2 aliphatic rings. The first kappa shape index (κ1) is 10.5. The number of amides is 1. The van der Waals surface area contributed by atoms with Crippen molar-refractivity contribution in [3.63, 3.8) is 0 Å². The molecule has 0 N–H and O–H groups in total. The van der Waals surface area contributed by atoms with Gasteiger partial charge in [0.1, 0.15) is 11.2 Å². The number of halogens is 2. The van der Waals surface area contributed by atoms with Gasteiger partial charge in [-0.15, -0.1) is 0 Å². The third kappa shape index (κ3) is 1.06. The van der Waals surface area contributed by atoms with Crippen LogP contribution in [0.2, 0.25) is 0 Å². The van der Waals surface area contributed by atoms with Crippen LogP contribution in [0.5, 0.6) is 0 Å². The molecule has 2 fully saturated rings. The number of hydrogen-bond donors (Lipinski definition) is 0. The van der Waals surface area contributed by atoms with E-state index >= 15 is 0 Å². The van der Waals surface area contributed by atoms with Crippen molar-refractivity contribution in [1.29, 1.82) is 0 Å². The lowest BCUT2D eigenvalue weighted by Crippen LogP contribution is -2.47. The van der Waals surface area contributed by atoms with Crippen LogP contribution in [0.25, 0.3) is 0 Å². The molecule has 1 amide bonds. The van der Waals surface area contributed by atoms with Crippen LogP contribution in [0.3, 0.4) is 0 Å². The maximum atomic E-state index is 11.9. The lowest BCUT2D eigenvalue weighted by Gasteiger charge is -2.35. The minimum atomic E-state index is -0.687. The predicted octanol–water partition coefficient (Wildman–Crippen LogP) is 2.49. The maximum Gasteiger partial charge on any atom is 0.259 e. The van der Waals surface area contributed by atoms with Gasteiger partial charge in [0, 0.05) is 11.8 Å². The molecule has 14 heavy (non-hydrogen) atoms. The predicted molar refractivity (Wildman–Crippen MR) is 55.7 cm³/mol. The average Bonchev–Trinajstić information content (AvgIpc) is 2.67. The van der Waals surface area contributed by atoms with Gasteiger partial charge in [-0.2, -0.15) is 4.42 Å². The highest BCUT2D eigenvalue weighted by Gasteiger charge is 2.61. The second-order valence-electron chi connectivity index (χ2n) is 4.62. The Morgan fingerprint density at radius 1 is 1.21 bits per heavy atom. The fourth-order valence-corrected chi connectivity index (χ4v) is 3.25. The van der Waals surface area contributed by atoms with Crippen LogP contribution in [0.1, 0.15) is 39.5 Å². The second kappa shape index (κ2) is 3.00. The molecular formula is C9H14Cl2N2O. The summed E-state index contributed by atoms with van der Waals surface area (Å²) < 4.78 is 2.93. The van der Waals surface area contributed by atoms with Gasteiger partial charge < -0.3 is 0 Å².